The summed E-state index contributed by atoms with van der Waals surface area (Å²) in [4.78, 5) is 1.19. The van der Waals surface area contributed by atoms with E-state index in [1.807, 2.05) is 0 Å². The summed E-state index contributed by atoms with van der Waals surface area (Å²) >= 11 is 7.35. The zero-order chi connectivity index (χ0) is 7.84. The van der Waals surface area contributed by atoms with E-state index >= 15 is 0 Å². The van der Waals surface area contributed by atoms with Crippen LogP contribution in [0.5, 0.6) is 0 Å². The van der Waals surface area contributed by atoms with Crippen molar-refractivity contribution in [2.24, 2.45) is 0 Å². The number of ether oxygens (including phenoxy) is 1. The molecule has 2 rings (SSSR count). The van der Waals surface area contributed by atoms with Crippen molar-refractivity contribution in [3.63, 3.8) is 0 Å². The summed E-state index contributed by atoms with van der Waals surface area (Å²) in [6, 6.07) is 0. The fraction of sp³-hybridized carbons (Fsp3) is 1.00. The number of hydrogen-bond acceptors (Lipinski definition) is 1. The van der Waals surface area contributed by atoms with Gasteiger partial charge in [0.1, 0.15) is 0 Å². The minimum absolute atomic E-state index is 0.488. The first-order valence-electron chi connectivity index (χ1n) is 4.21. The van der Waals surface area contributed by atoms with Gasteiger partial charge in [-0.05, 0) is 25.7 Å². The molecule has 0 N–H and O–H groups in total. The molecule has 11 heavy (non-hydrogen) atoms. The van der Waals surface area contributed by atoms with Gasteiger partial charge < -0.3 is 4.74 Å². The molecule has 1 nitrogen and oxygen atoms in total. The van der Waals surface area contributed by atoms with Crippen molar-refractivity contribution in [2.45, 2.75) is 47.5 Å². The van der Waals surface area contributed by atoms with Gasteiger partial charge in [-0.25, -0.2) is 0 Å². The molecule has 3 heteroatoms. The smallest absolute Gasteiger partial charge is 0.0705 e. The van der Waals surface area contributed by atoms with Gasteiger partial charge in [0.25, 0.3) is 0 Å². The van der Waals surface area contributed by atoms with E-state index in [4.69, 9.17) is 4.74 Å². The van der Waals surface area contributed by atoms with Crippen LogP contribution >= 0.6 is 31.9 Å². The van der Waals surface area contributed by atoms with E-state index in [2.05, 4.69) is 31.9 Å². The topological polar surface area (TPSA) is 9.23 Å². The Bertz CT molecular complexity index is 135. The maximum Gasteiger partial charge on any atom is 0.0705 e. The second kappa shape index (κ2) is 3.35. The Hall–Kier alpha value is 0.920. The molecule has 0 spiro atoms. The summed E-state index contributed by atoms with van der Waals surface area (Å²) in [5.74, 6) is 0. The number of hydrogen-bond donors (Lipinski definition) is 0. The van der Waals surface area contributed by atoms with Crippen LogP contribution in [0.15, 0.2) is 0 Å². The lowest BCUT2D eigenvalue weighted by atomic mass is 10.0. The minimum Gasteiger partial charge on any atom is -0.373 e. The van der Waals surface area contributed by atoms with E-state index in [0.29, 0.717) is 21.9 Å². The van der Waals surface area contributed by atoms with E-state index in [1.165, 1.54) is 25.7 Å². The van der Waals surface area contributed by atoms with Crippen LogP contribution in [0, 0.1) is 0 Å². The van der Waals surface area contributed by atoms with Gasteiger partial charge in [0.05, 0.1) is 12.2 Å². The van der Waals surface area contributed by atoms with Crippen molar-refractivity contribution >= 4 is 31.9 Å². The molecule has 0 aromatic carbocycles. The third-order valence-electron chi connectivity index (χ3n) is 2.61. The van der Waals surface area contributed by atoms with Crippen molar-refractivity contribution in [3.8, 4) is 0 Å². The Morgan fingerprint density at radius 1 is 0.818 bits per heavy atom. The summed E-state index contributed by atoms with van der Waals surface area (Å²) in [5, 5.41) is 0. The van der Waals surface area contributed by atoms with Crippen molar-refractivity contribution in [2.75, 3.05) is 0 Å². The molecule has 0 amide bonds. The van der Waals surface area contributed by atoms with E-state index < -0.39 is 0 Å². The Balaban J connectivity index is 2.07. The van der Waals surface area contributed by atoms with E-state index in [0.717, 1.165) is 0 Å². The molecular weight excluding hydrogens is 272 g/mol. The molecule has 64 valence electrons. The number of halogens is 2. The highest BCUT2D eigenvalue weighted by Crippen LogP contribution is 2.37. The molecule has 0 aliphatic carbocycles. The van der Waals surface area contributed by atoms with Crippen LogP contribution in [0.4, 0.5) is 0 Å². The second-order valence-corrected chi connectivity index (χ2v) is 5.75. The largest absolute Gasteiger partial charge is 0.373 e. The molecule has 4 atom stereocenters. The predicted molar refractivity (Wildman–Crippen MR) is 52.6 cm³/mol. The van der Waals surface area contributed by atoms with E-state index in [-0.39, 0.29) is 0 Å². The molecule has 0 radical (unpaired) electrons. The van der Waals surface area contributed by atoms with Crippen LogP contribution in [-0.4, -0.2) is 21.9 Å². The average molecular weight is 284 g/mol. The fourth-order valence-electron chi connectivity index (χ4n) is 1.91. The third kappa shape index (κ3) is 1.65. The summed E-state index contributed by atoms with van der Waals surface area (Å²) in [5.41, 5.74) is 0. The first-order chi connectivity index (χ1) is 5.27. The van der Waals surface area contributed by atoms with Crippen molar-refractivity contribution < 1.29 is 4.74 Å². The highest BCUT2D eigenvalue weighted by atomic mass is 79.9. The van der Waals surface area contributed by atoms with Gasteiger partial charge in [0, 0.05) is 9.65 Å². The van der Waals surface area contributed by atoms with Crippen molar-refractivity contribution in [3.05, 3.63) is 0 Å². The van der Waals surface area contributed by atoms with Crippen molar-refractivity contribution in [1.29, 1.82) is 0 Å². The van der Waals surface area contributed by atoms with Crippen LogP contribution in [0.2, 0.25) is 0 Å². The van der Waals surface area contributed by atoms with Gasteiger partial charge in [-0.1, -0.05) is 31.9 Å². The lowest BCUT2D eigenvalue weighted by Gasteiger charge is -2.13. The molecule has 0 aromatic rings. The van der Waals surface area contributed by atoms with Gasteiger partial charge in [-0.15, -0.1) is 0 Å². The normalized spacial score (nSPS) is 50.7. The highest BCUT2D eigenvalue weighted by Gasteiger charge is 2.37. The van der Waals surface area contributed by atoms with Gasteiger partial charge in [0.2, 0.25) is 0 Å². The number of rotatable bonds is 0. The molecule has 0 aromatic heterocycles. The lowest BCUT2D eigenvalue weighted by molar-refractivity contribution is 0.0572. The SMILES string of the molecule is Br[C@@H]1CC[C@H](Br)[C@@H]2CC[C@H]1O2. The van der Waals surface area contributed by atoms with Crippen LogP contribution in [0.3, 0.4) is 0 Å². The van der Waals surface area contributed by atoms with Crippen LogP contribution in [0.25, 0.3) is 0 Å². The Labute approximate surface area is 84.1 Å². The van der Waals surface area contributed by atoms with Gasteiger partial charge in [0.15, 0.2) is 0 Å². The lowest BCUT2D eigenvalue weighted by Crippen LogP contribution is -2.19. The predicted octanol–water partition coefficient (Wildman–Crippen LogP) is 2.85. The van der Waals surface area contributed by atoms with Gasteiger partial charge in [-0.2, -0.15) is 0 Å². The molecule has 2 aliphatic rings. The maximum absolute atomic E-state index is 5.85. The minimum atomic E-state index is 0.488. The highest BCUT2D eigenvalue weighted by molar-refractivity contribution is 9.09. The molecule has 0 unspecified atom stereocenters. The summed E-state index contributed by atoms with van der Waals surface area (Å²) in [6.45, 7) is 0. The maximum atomic E-state index is 5.85. The molecule has 2 heterocycles. The quantitative estimate of drug-likeness (QED) is 0.621. The number of alkyl halides is 2. The zero-order valence-electron chi connectivity index (χ0n) is 6.30. The molecule has 2 aliphatic heterocycles. The van der Waals surface area contributed by atoms with Crippen LogP contribution in [-0.2, 0) is 4.74 Å². The monoisotopic (exact) mass is 282 g/mol. The second-order valence-electron chi connectivity index (χ2n) is 3.40. The summed E-state index contributed by atoms with van der Waals surface area (Å²) < 4.78 is 5.85. The zero-order valence-corrected chi connectivity index (χ0v) is 9.47. The first kappa shape index (κ1) is 8.52. The Kier molecular flexibility index (Phi) is 2.59. The van der Waals surface area contributed by atoms with Gasteiger partial charge in [-0.3, -0.25) is 0 Å². The summed E-state index contributed by atoms with van der Waals surface area (Å²) in [7, 11) is 0. The van der Waals surface area contributed by atoms with E-state index in [9.17, 15) is 0 Å². The standard InChI is InChI=1S/C8H12Br2O/c9-5-1-2-6(10)8-4-3-7(5)11-8/h5-8H,1-4H2/t5-,6+,7-,8+. The fourth-order valence-corrected chi connectivity index (χ4v) is 3.22. The summed E-state index contributed by atoms with van der Waals surface area (Å²) in [6.07, 6.45) is 5.95. The van der Waals surface area contributed by atoms with Crippen LogP contribution < -0.4 is 0 Å². The van der Waals surface area contributed by atoms with E-state index in [1.54, 1.807) is 0 Å². The van der Waals surface area contributed by atoms with Gasteiger partial charge >= 0.3 is 0 Å². The van der Waals surface area contributed by atoms with Crippen molar-refractivity contribution in [1.82, 2.24) is 0 Å². The molecule has 2 saturated heterocycles. The average Bonchev–Trinajstić information content (AvgIpc) is 2.42. The number of fused-ring (bicyclic) bond motifs is 2. The molecular formula is C8H12Br2O. The molecule has 0 saturated carbocycles. The molecule has 2 fully saturated rings. The third-order valence-corrected chi connectivity index (χ3v) is 4.71. The first-order valence-corrected chi connectivity index (χ1v) is 6.04. The molecule has 2 bridgehead atoms. The Morgan fingerprint density at radius 3 is 1.73 bits per heavy atom. The Morgan fingerprint density at radius 2 is 1.27 bits per heavy atom. The van der Waals surface area contributed by atoms with Crippen LogP contribution in [0.1, 0.15) is 25.7 Å².